The van der Waals surface area contributed by atoms with Gasteiger partial charge >= 0.3 is 12.4 Å². The molecule has 218 valence electrons. The molecule has 0 amide bonds. The molecular weight excluding hydrogens is 606 g/mol. The second-order valence-corrected chi connectivity index (χ2v) is 9.91. The topological polar surface area (TPSA) is 56.7 Å². The van der Waals surface area contributed by atoms with Gasteiger partial charge in [0.15, 0.2) is 11.6 Å². The number of hydrogen-bond donors (Lipinski definition) is 0. The number of rotatable bonds is 9. The lowest BCUT2D eigenvalue weighted by atomic mass is 10.1. The minimum Gasteiger partial charge on any atom is -0.497 e. The van der Waals surface area contributed by atoms with Gasteiger partial charge in [-0.1, -0.05) is 0 Å². The highest BCUT2D eigenvalue weighted by Gasteiger charge is 2.37. The van der Waals surface area contributed by atoms with Crippen molar-refractivity contribution in [1.29, 1.82) is 0 Å². The Morgan fingerprint density at radius 3 is 2.05 bits per heavy atom. The summed E-state index contributed by atoms with van der Waals surface area (Å²) in [6.07, 6.45) is -9.04. The molecule has 0 fully saturated rings. The SMILES string of the molecule is COc1ccc(CN(Sc2cc(F)c(Oc3cc(C(F)(F)F)cc(C(F)(F)F)c3)cc2F)c2ncns2)c(OC)c1. The molecule has 0 aliphatic carbocycles. The maximum absolute atomic E-state index is 15.1. The van der Waals surface area contributed by atoms with E-state index in [0.29, 0.717) is 34.3 Å². The molecule has 6 nitrogen and oxygen atoms in total. The van der Waals surface area contributed by atoms with Crippen molar-refractivity contribution < 1.29 is 49.3 Å². The van der Waals surface area contributed by atoms with Crippen molar-refractivity contribution >= 4 is 28.6 Å². The summed E-state index contributed by atoms with van der Waals surface area (Å²) >= 11 is 1.69. The van der Waals surface area contributed by atoms with E-state index in [9.17, 15) is 30.7 Å². The fourth-order valence-corrected chi connectivity index (χ4v) is 4.96. The highest BCUT2D eigenvalue weighted by atomic mass is 32.2. The molecule has 0 aliphatic rings. The normalized spacial score (nSPS) is 11.9. The van der Waals surface area contributed by atoms with Crippen LogP contribution in [0, 0.1) is 11.6 Å². The predicted octanol–water partition coefficient (Wildman–Crippen LogP) is 8.38. The van der Waals surface area contributed by atoms with Crippen LogP contribution in [0.4, 0.5) is 40.3 Å². The number of halogens is 8. The van der Waals surface area contributed by atoms with Gasteiger partial charge in [-0.3, -0.25) is 4.31 Å². The second kappa shape index (κ2) is 12.0. The number of methoxy groups -OCH3 is 2. The molecule has 0 bridgehead atoms. The maximum Gasteiger partial charge on any atom is 0.416 e. The molecule has 3 aromatic carbocycles. The van der Waals surface area contributed by atoms with E-state index in [1.165, 1.54) is 24.9 Å². The number of ether oxygens (including phenoxy) is 3. The monoisotopic (exact) mass is 623 g/mol. The number of hydrogen-bond acceptors (Lipinski definition) is 8. The molecule has 0 N–H and O–H groups in total. The van der Waals surface area contributed by atoms with Crippen LogP contribution in [0.15, 0.2) is 59.8 Å². The van der Waals surface area contributed by atoms with Crippen molar-refractivity contribution in [2.75, 3.05) is 18.5 Å². The Kier molecular flexibility index (Phi) is 8.82. The van der Waals surface area contributed by atoms with Gasteiger partial charge in [-0.25, -0.2) is 13.8 Å². The van der Waals surface area contributed by atoms with Crippen LogP contribution in [-0.2, 0) is 18.9 Å². The van der Waals surface area contributed by atoms with E-state index in [2.05, 4.69) is 9.36 Å². The summed E-state index contributed by atoms with van der Waals surface area (Å²) in [7, 11) is 2.92. The molecule has 0 atom stereocenters. The van der Waals surface area contributed by atoms with Crippen LogP contribution >= 0.6 is 23.5 Å². The summed E-state index contributed by atoms with van der Waals surface area (Å²) in [4.78, 5) is 3.82. The minimum absolute atomic E-state index is 0.0802. The first-order valence-electron chi connectivity index (χ1n) is 11.2. The summed E-state index contributed by atoms with van der Waals surface area (Å²) < 4.78 is 130. The van der Waals surface area contributed by atoms with Crippen molar-refractivity contribution in [1.82, 2.24) is 9.36 Å². The van der Waals surface area contributed by atoms with Crippen LogP contribution in [0.2, 0.25) is 0 Å². The lowest BCUT2D eigenvalue weighted by Crippen LogP contribution is -2.15. The number of aromatic nitrogens is 2. The van der Waals surface area contributed by atoms with Gasteiger partial charge in [-0.2, -0.15) is 30.7 Å². The van der Waals surface area contributed by atoms with Crippen molar-refractivity contribution in [2.45, 2.75) is 23.8 Å². The van der Waals surface area contributed by atoms with Crippen LogP contribution in [0.25, 0.3) is 0 Å². The van der Waals surface area contributed by atoms with Crippen LogP contribution in [-0.4, -0.2) is 23.6 Å². The van der Waals surface area contributed by atoms with E-state index >= 15 is 4.39 Å². The molecular formula is C25H17F8N3O3S2. The number of nitrogens with zero attached hydrogens (tertiary/aromatic N) is 3. The number of alkyl halides is 6. The molecule has 4 rings (SSSR count). The van der Waals surface area contributed by atoms with Crippen LogP contribution < -0.4 is 18.5 Å². The molecule has 0 unspecified atom stereocenters. The predicted molar refractivity (Wildman–Crippen MR) is 134 cm³/mol. The molecule has 1 aromatic heterocycles. The highest BCUT2D eigenvalue weighted by Crippen LogP contribution is 2.41. The summed E-state index contributed by atoms with van der Waals surface area (Å²) in [5.74, 6) is -3.24. The maximum atomic E-state index is 15.1. The quantitative estimate of drug-likeness (QED) is 0.137. The van der Waals surface area contributed by atoms with Crippen LogP contribution in [0.5, 0.6) is 23.0 Å². The van der Waals surface area contributed by atoms with E-state index in [-0.39, 0.29) is 29.6 Å². The molecule has 0 saturated heterocycles. The molecule has 0 saturated carbocycles. The Morgan fingerprint density at radius 1 is 0.805 bits per heavy atom. The first-order chi connectivity index (χ1) is 19.3. The highest BCUT2D eigenvalue weighted by molar-refractivity contribution is 8.00. The van der Waals surface area contributed by atoms with E-state index in [0.717, 1.165) is 23.5 Å². The van der Waals surface area contributed by atoms with Gasteiger partial charge in [0.1, 0.15) is 29.4 Å². The summed E-state index contributed by atoms with van der Waals surface area (Å²) in [5, 5.41) is 0.316. The summed E-state index contributed by atoms with van der Waals surface area (Å²) in [6.45, 7) is 0.0802. The first kappa shape index (κ1) is 30.2. The summed E-state index contributed by atoms with van der Waals surface area (Å²) in [5.41, 5.74) is -2.71. The van der Waals surface area contributed by atoms with Crippen LogP contribution in [0.1, 0.15) is 16.7 Å². The third-order valence-corrected chi connectivity index (χ3v) is 7.19. The zero-order valence-corrected chi connectivity index (χ0v) is 22.4. The van der Waals surface area contributed by atoms with Crippen molar-refractivity contribution in [3.63, 3.8) is 0 Å². The zero-order valence-electron chi connectivity index (χ0n) is 20.8. The van der Waals surface area contributed by atoms with Crippen LogP contribution in [0.3, 0.4) is 0 Å². The van der Waals surface area contributed by atoms with Gasteiger partial charge in [-0.15, -0.1) is 0 Å². The van der Waals surface area contributed by atoms with Gasteiger partial charge in [0.2, 0.25) is 5.13 Å². The zero-order chi connectivity index (χ0) is 29.9. The lowest BCUT2D eigenvalue weighted by Gasteiger charge is -2.22. The molecule has 16 heteroatoms. The molecule has 0 radical (unpaired) electrons. The minimum atomic E-state index is -5.15. The van der Waals surface area contributed by atoms with Gasteiger partial charge < -0.3 is 14.2 Å². The Morgan fingerprint density at radius 2 is 1.49 bits per heavy atom. The van der Waals surface area contributed by atoms with E-state index < -0.39 is 46.6 Å². The number of benzene rings is 3. The fraction of sp³-hybridized carbons (Fsp3) is 0.200. The Labute approximate surface area is 235 Å². The molecule has 1 heterocycles. The largest absolute Gasteiger partial charge is 0.497 e. The Balaban J connectivity index is 1.64. The first-order valence-corrected chi connectivity index (χ1v) is 12.7. The third-order valence-electron chi connectivity index (χ3n) is 5.36. The standard InChI is InChI=1S/C25H17F8N3O3S2/c1-37-16-4-3-13(20(8-16)38-2)11-36(23-34-12-35-40-23)41-22-10-18(26)21(9-19(22)27)39-17-6-14(24(28,29)30)5-15(7-17)25(31,32)33/h3-10,12H,11H2,1-2H3. The van der Waals surface area contributed by atoms with Gasteiger partial charge in [0.25, 0.3) is 0 Å². The van der Waals surface area contributed by atoms with Gasteiger partial charge in [0.05, 0.1) is 36.8 Å². The van der Waals surface area contributed by atoms with Crippen molar-refractivity contribution in [3.8, 4) is 23.0 Å². The average molecular weight is 624 g/mol. The smallest absolute Gasteiger partial charge is 0.416 e. The Bertz CT molecular complexity index is 1480. The molecule has 41 heavy (non-hydrogen) atoms. The van der Waals surface area contributed by atoms with E-state index in [1.807, 2.05) is 0 Å². The van der Waals surface area contributed by atoms with Gasteiger partial charge in [-0.05, 0) is 48.3 Å². The fourth-order valence-electron chi connectivity index (χ4n) is 3.44. The molecule has 4 aromatic rings. The molecule has 0 spiro atoms. The lowest BCUT2D eigenvalue weighted by molar-refractivity contribution is -0.143. The van der Waals surface area contributed by atoms with E-state index in [4.69, 9.17) is 14.2 Å². The van der Waals surface area contributed by atoms with Crippen molar-refractivity contribution in [2.24, 2.45) is 0 Å². The molecule has 0 aliphatic heterocycles. The average Bonchev–Trinajstić information content (AvgIpc) is 3.45. The third kappa shape index (κ3) is 7.30. The van der Waals surface area contributed by atoms with Crippen molar-refractivity contribution in [3.05, 3.63) is 83.2 Å². The Hall–Kier alpha value is -3.79. The van der Waals surface area contributed by atoms with E-state index in [1.54, 1.807) is 18.2 Å². The summed E-state index contributed by atoms with van der Waals surface area (Å²) in [6, 6.07) is 6.63. The van der Waals surface area contributed by atoms with Gasteiger partial charge in [0, 0.05) is 29.2 Å². The number of anilines is 1. The second-order valence-electron chi connectivity index (χ2n) is 8.09.